The number of hydrogen-bond acceptors (Lipinski definition) is 8. The highest BCUT2D eigenvalue weighted by Crippen LogP contribution is 2.56. The molecule has 0 saturated heterocycles. The largest absolute Gasteiger partial charge is 0.488 e. The first kappa shape index (κ1) is 35.3. The second-order valence-electron chi connectivity index (χ2n) is 10.9. The molecule has 0 bridgehead atoms. The van der Waals surface area contributed by atoms with E-state index in [1.54, 1.807) is 30.3 Å². The van der Waals surface area contributed by atoms with Crippen molar-refractivity contribution in [3.05, 3.63) is 146 Å². The van der Waals surface area contributed by atoms with E-state index in [0.29, 0.717) is 30.2 Å². The number of ether oxygens (including phenoxy) is 2. The Bertz CT molecular complexity index is 2070. The minimum atomic E-state index is -5.07. The molecule has 2 heterocycles. The van der Waals surface area contributed by atoms with E-state index in [0.717, 1.165) is 27.8 Å². The predicted molar refractivity (Wildman–Crippen MR) is 186 cm³/mol. The number of nitrogens with one attached hydrogen (secondary N) is 1. The fraction of sp³-hybridized carbons (Fsp3) is 0.154. The van der Waals surface area contributed by atoms with Crippen molar-refractivity contribution in [2.45, 2.75) is 24.8 Å². The number of aliphatic hydroxyl groups excluding tert-OH is 1. The maximum atomic E-state index is 15.1. The third-order valence-corrected chi connectivity index (χ3v) is 8.69. The molecule has 0 amide bonds. The zero-order valence-electron chi connectivity index (χ0n) is 26.4. The Balaban J connectivity index is 1.47. The molecule has 0 fully saturated rings. The monoisotopic (exact) mass is 690 g/mol. The van der Waals surface area contributed by atoms with Gasteiger partial charge < -0.3 is 19.9 Å². The predicted octanol–water partition coefficient (Wildman–Crippen LogP) is 8.91. The van der Waals surface area contributed by atoms with Gasteiger partial charge in [0, 0.05) is 51.4 Å². The van der Waals surface area contributed by atoms with Gasteiger partial charge in [0.2, 0.25) is 0 Å². The molecule has 1 aliphatic rings. The second kappa shape index (κ2) is 15.9. The van der Waals surface area contributed by atoms with Crippen molar-refractivity contribution < 1.29 is 27.8 Å². The number of aliphatic hydroxyl groups is 1. The first-order valence-corrected chi connectivity index (χ1v) is 16.2. The van der Waals surface area contributed by atoms with Crippen LogP contribution in [0.15, 0.2) is 120 Å². The van der Waals surface area contributed by atoms with Crippen molar-refractivity contribution >= 4 is 35.3 Å². The first-order valence-electron chi connectivity index (χ1n) is 15.4. The summed E-state index contributed by atoms with van der Waals surface area (Å²) in [5.41, 5.74) is -2.61. The number of halogens is 3. The van der Waals surface area contributed by atoms with Crippen molar-refractivity contribution in [2.24, 2.45) is 0 Å². The third kappa shape index (κ3) is 7.64. The molecule has 5 rings (SSSR count). The summed E-state index contributed by atoms with van der Waals surface area (Å²) in [4.78, 5) is 1.38. The molecule has 50 heavy (non-hydrogen) atoms. The molecule has 3 aromatic carbocycles. The lowest BCUT2D eigenvalue weighted by Gasteiger charge is -2.33. The van der Waals surface area contributed by atoms with Gasteiger partial charge in [-0.2, -0.15) is 29.0 Å². The van der Waals surface area contributed by atoms with Crippen LogP contribution in [-0.4, -0.2) is 24.4 Å². The van der Waals surface area contributed by atoms with E-state index in [1.807, 2.05) is 66.7 Å². The molecule has 4 aromatic rings. The minimum Gasteiger partial charge on any atom is -0.488 e. The highest BCUT2D eigenvalue weighted by molar-refractivity contribution is 7.13. The molecule has 1 aliphatic heterocycles. The van der Waals surface area contributed by atoms with Crippen LogP contribution < -0.4 is 10.1 Å². The SMILES string of the molecule is N#CC(C#N)=C1OC(c2ccccc2)(C(F)(F)F)C(C=Cc2ccc(C=Cc3ccc(NCCCO)cc3OCc3ccccc3)s2)=C1C#N. The second-order valence-corrected chi connectivity index (χ2v) is 12.1. The summed E-state index contributed by atoms with van der Waals surface area (Å²) in [6, 6.07) is 30.6. The number of allylic oxidation sites excluding steroid dienone is 2. The first-order chi connectivity index (χ1) is 24.2. The van der Waals surface area contributed by atoms with Gasteiger partial charge >= 0.3 is 6.18 Å². The van der Waals surface area contributed by atoms with Crippen LogP contribution in [0.2, 0.25) is 0 Å². The number of anilines is 1. The van der Waals surface area contributed by atoms with Gasteiger partial charge in [0.15, 0.2) is 11.3 Å². The maximum Gasteiger partial charge on any atom is 0.437 e. The Morgan fingerprint density at radius 1 is 0.880 bits per heavy atom. The summed E-state index contributed by atoms with van der Waals surface area (Å²) in [6.07, 6.45) is 1.88. The number of thiophene rings is 1. The normalized spacial score (nSPS) is 15.8. The fourth-order valence-corrected chi connectivity index (χ4v) is 6.09. The third-order valence-electron chi connectivity index (χ3n) is 7.68. The summed E-state index contributed by atoms with van der Waals surface area (Å²) in [6.45, 7) is 1.02. The number of hydrogen-bond donors (Lipinski definition) is 2. The summed E-state index contributed by atoms with van der Waals surface area (Å²) in [7, 11) is 0. The highest BCUT2D eigenvalue weighted by atomic mass is 32.1. The van der Waals surface area contributed by atoms with Crippen LogP contribution in [-0.2, 0) is 16.9 Å². The molecule has 250 valence electrons. The van der Waals surface area contributed by atoms with E-state index in [9.17, 15) is 15.8 Å². The van der Waals surface area contributed by atoms with Gasteiger partial charge in [-0.15, -0.1) is 11.3 Å². The lowest BCUT2D eigenvalue weighted by molar-refractivity contribution is -0.249. The van der Waals surface area contributed by atoms with Crippen molar-refractivity contribution in [2.75, 3.05) is 18.5 Å². The Labute approximate surface area is 291 Å². The average Bonchev–Trinajstić information content (AvgIpc) is 3.73. The molecule has 1 atom stereocenters. The van der Waals surface area contributed by atoms with Gasteiger partial charge in [-0.1, -0.05) is 66.7 Å². The number of nitrogens with zero attached hydrogens (tertiary/aromatic N) is 3. The van der Waals surface area contributed by atoms with Crippen molar-refractivity contribution in [3.8, 4) is 24.0 Å². The number of rotatable bonds is 12. The zero-order valence-corrected chi connectivity index (χ0v) is 27.3. The summed E-state index contributed by atoms with van der Waals surface area (Å²) in [5, 5.41) is 41.3. The Hall–Kier alpha value is -6.06. The fourth-order valence-electron chi connectivity index (χ4n) is 5.27. The molecule has 7 nitrogen and oxygen atoms in total. The number of benzene rings is 3. The summed E-state index contributed by atoms with van der Waals surface area (Å²) in [5.74, 6) is -0.0802. The van der Waals surface area contributed by atoms with E-state index in [4.69, 9.17) is 14.6 Å². The number of alkyl halides is 3. The van der Waals surface area contributed by atoms with Gasteiger partial charge in [-0.25, -0.2) is 0 Å². The minimum absolute atomic E-state index is 0.0751. The van der Waals surface area contributed by atoms with Gasteiger partial charge in [0.1, 0.15) is 36.1 Å². The molecule has 1 aromatic heterocycles. The molecule has 0 spiro atoms. The molecule has 0 saturated carbocycles. The smallest absolute Gasteiger partial charge is 0.437 e. The van der Waals surface area contributed by atoms with Gasteiger partial charge in [-0.05, 0) is 54.5 Å². The Kier molecular flexibility index (Phi) is 11.2. The zero-order chi connectivity index (χ0) is 35.6. The number of nitriles is 3. The van der Waals surface area contributed by atoms with E-state index in [-0.39, 0.29) is 12.2 Å². The van der Waals surface area contributed by atoms with Gasteiger partial charge in [0.25, 0.3) is 5.60 Å². The molecular formula is C39H29F3N4O3S. The van der Waals surface area contributed by atoms with Crippen LogP contribution in [0.5, 0.6) is 5.75 Å². The molecule has 0 aliphatic carbocycles. The van der Waals surface area contributed by atoms with Crippen LogP contribution in [0.4, 0.5) is 18.9 Å². The van der Waals surface area contributed by atoms with Gasteiger partial charge in [-0.3, -0.25) is 0 Å². The van der Waals surface area contributed by atoms with Crippen molar-refractivity contribution in [1.29, 1.82) is 15.8 Å². The average molecular weight is 691 g/mol. The lowest BCUT2D eigenvalue weighted by atomic mass is 9.84. The van der Waals surface area contributed by atoms with E-state index in [1.165, 1.54) is 41.7 Å². The highest BCUT2D eigenvalue weighted by Gasteiger charge is 2.65. The summed E-state index contributed by atoms with van der Waals surface area (Å²) < 4.78 is 56.8. The van der Waals surface area contributed by atoms with E-state index >= 15 is 13.2 Å². The van der Waals surface area contributed by atoms with Crippen LogP contribution in [0.25, 0.3) is 18.2 Å². The van der Waals surface area contributed by atoms with Crippen LogP contribution in [0, 0.1) is 34.0 Å². The standard InChI is InChI=1S/C39H29F3N4O3S/c40-39(41,42)38(30-10-5-2-6-11-30)35(34(25-45)37(49-38)29(23-43)24-44)19-18-33-17-16-32(50-33)15-13-28-12-14-31(46-20-7-21-47)22-36(28)48-26-27-8-3-1-4-9-27/h1-6,8-19,22,46-47H,7,20-21,26H2. The molecule has 11 heteroatoms. The van der Waals surface area contributed by atoms with E-state index in [2.05, 4.69) is 5.32 Å². The van der Waals surface area contributed by atoms with Gasteiger partial charge in [0.05, 0.1) is 0 Å². The topological polar surface area (TPSA) is 122 Å². The Morgan fingerprint density at radius 3 is 2.16 bits per heavy atom. The maximum absolute atomic E-state index is 15.1. The quantitative estimate of drug-likeness (QED) is 0.112. The van der Waals surface area contributed by atoms with Crippen LogP contribution in [0.3, 0.4) is 0 Å². The van der Waals surface area contributed by atoms with Crippen molar-refractivity contribution in [1.82, 2.24) is 0 Å². The van der Waals surface area contributed by atoms with E-state index < -0.39 is 34.3 Å². The molecule has 2 N–H and O–H groups in total. The van der Waals surface area contributed by atoms with Crippen LogP contribution in [0.1, 0.15) is 32.9 Å². The summed E-state index contributed by atoms with van der Waals surface area (Å²) >= 11 is 1.30. The Morgan fingerprint density at radius 2 is 1.54 bits per heavy atom. The van der Waals surface area contributed by atoms with Crippen LogP contribution >= 0.6 is 11.3 Å². The van der Waals surface area contributed by atoms with Crippen molar-refractivity contribution in [3.63, 3.8) is 0 Å². The lowest BCUT2D eigenvalue weighted by Crippen LogP contribution is -2.43. The molecule has 1 unspecified atom stereocenters. The molecule has 0 radical (unpaired) electrons. The molecular weight excluding hydrogens is 662 g/mol.